The number of carbonyl (C=O) groups excluding carboxylic acids is 2. The van der Waals surface area contributed by atoms with E-state index < -0.39 is 31.7 Å². The predicted molar refractivity (Wildman–Crippen MR) is 170 cm³/mol. The van der Waals surface area contributed by atoms with Crippen molar-refractivity contribution in [2.45, 2.75) is 104 Å². The SMILES string of the molecule is COC(CNC(=O)C(N(C(=O)C#C[Si](C(C)C)(C(C)C)C(C)C)c1ccc(OCC2CC2)c(Cl)c1)C(C)(C)C)OC. The van der Waals surface area contributed by atoms with Crippen molar-refractivity contribution < 1.29 is 23.8 Å². The molecule has 1 unspecified atom stereocenters. The highest BCUT2D eigenvalue weighted by Crippen LogP contribution is 2.41. The standard InChI is InChI=1S/C32H51ClN2O5Si/c1-21(2)41(22(3)4,23(5)6)17-16-28(36)35(25-14-15-27(26(33)18-25)40-20-24-12-13-24)30(32(7,8)9)31(37)34-19-29(38-10)39-11/h14-15,18,21-24,29-30H,12-13,19-20H2,1-11H3,(H,34,37). The normalized spacial score (nSPS) is 14.7. The Hall–Kier alpha value is -2.05. The molecule has 2 amide bonds. The van der Waals surface area contributed by atoms with Gasteiger partial charge >= 0.3 is 5.91 Å². The first-order valence-corrected chi connectivity index (χ1v) is 17.3. The average molecular weight is 607 g/mol. The average Bonchev–Trinajstić information content (AvgIpc) is 3.70. The fraction of sp³-hybridized carbons (Fsp3) is 0.688. The third-order valence-electron chi connectivity index (χ3n) is 8.13. The molecule has 1 N–H and O–H groups in total. The van der Waals surface area contributed by atoms with Crippen LogP contribution in [0.4, 0.5) is 5.69 Å². The first-order valence-electron chi connectivity index (χ1n) is 14.7. The van der Waals surface area contributed by atoms with Gasteiger partial charge in [0.05, 0.1) is 18.2 Å². The number of carbonyl (C=O) groups is 2. The molecule has 0 radical (unpaired) electrons. The van der Waals surface area contributed by atoms with Crippen LogP contribution in [0.3, 0.4) is 0 Å². The third kappa shape index (κ3) is 8.97. The van der Waals surface area contributed by atoms with Gasteiger partial charge in [-0.2, -0.15) is 0 Å². The predicted octanol–water partition coefficient (Wildman–Crippen LogP) is 6.83. The number of anilines is 1. The number of nitrogens with zero attached hydrogens (tertiary/aromatic N) is 1. The van der Waals surface area contributed by atoms with Crippen LogP contribution >= 0.6 is 11.6 Å². The lowest BCUT2D eigenvalue weighted by molar-refractivity contribution is -0.132. The molecule has 1 aliphatic rings. The van der Waals surface area contributed by atoms with E-state index in [0.29, 0.717) is 45.6 Å². The van der Waals surface area contributed by atoms with E-state index in [2.05, 4.69) is 58.3 Å². The molecular formula is C32H51ClN2O5Si. The van der Waals surface area contributed by atoms with E-state index in [1.165, 1.54) is 32.0 Å². The van der Waals surface area contributed by atoms with Crippen LogP contribution in [0.5, 0.6) is 5.75 Å². The fourth-order valence-electron chi connectivity index (χ4n) is 5.73. The molecule has 0 heterocycles. The van der Waals surface area contributed by atoms with E-state index in [9.17, 15) is 9.59 Å². The minimum absolute atomic E-state index is 0.130. The molecule has 41 heavy (non-hydrogen) atoms. The zero-order chi connectivity index (χ0) is 31.1. The van der Waals surface area contributed by atoms with E-state index in [0.717, 1.165) is 0 Å². The van der Waals surface area contributed by atoms with Gasteiger partial charge in [0.15, 0.2) is 6.29 Å². The van der Waals surface area contributed by atoms with Gasteiger partial charge in [-0.3, -0.25) is 14.5 Å². The van der Waals surface area contributed by atoms with Crippen LogP contribution in [0.25, 0.3) is 0 Å². The second kappa shape index (κ2) is 14.9. The number of halogens is 1. The topological polar surface area (TPSA) is 77.1 Å². The highest BCUT2D eigenvalue weighted by atomic mass is 35.5. The Labute approximate surface area is 254 Å². The Kier molecular flexibility index (Phi) is 12.8. The van der Waals surface area contributed by atoms with Crippen molar-refractivity contribution in [2.24, 2.45) is 11.3 Å². The molecular weight excluding hydrogens is 556 g/mol. The molecule has 7 nitrogen and oxygen atoms in total. The number of hydrogen-bond donors (Lipinski definition) is 1. The Balaban J connectivity index is 2.62. The molecule has 0 saturated heterocycles. The number of methoxy groups -OCH3 is 2. The van der Waals surface area contributed by atoms with Gasteiger partial charge in [-0.05, 0) is 64.9 Å². The quantitative estimate of drug-likeness (QED) is 0.151. The second-order valence-corrected chi connectivity index (χ2v) is 19.1. The third-order valence-corrected chi connectivity index (χ3v) is 14.7. The number of ether oxygens (including phenoxy) is 3. The molecule has 9 heteroatoms. The first kappa shape index (κ1) is 35.1. The molecule has 1 atom stereocenters. The lowest BCUT2D eigenvalue weighted by Crippen LogP contribution is -2.57. The summed E-state index contributed by atoms with van der Waals surface area (Å²) in [6.45, 7) is 19.8. The van der Waals surface area contributed by atoms with E-state index in [-0.39, 0.29) is 12.5 Å². The van der Waals surface area contributed by atoms with Crippen LogP contribution < -0.4 is 15.0 Å². The van der Waals surface area contributed by atoms with E-state index in [4.69, 9.17) is 25.8 Å². The van der Waals surface area contributed by atoms with Crippen molar-refractivity contribution in [1.82, 2.24) is 5.32 Å². The number of benzene rings is 1. The smallest absolute Gasteiger partial charge is 0.303 e. The van der Waals surface area contributed by atoms with E-state index >= 15 is 0 Å². The molecule has 0 spiro atoms. The van der Waals surface area contributed by atoms with Gasteiger partial charge in [-0.1, -0.05) is 73.9 Å². The Morgan fingerprint density at radius 3 is 2.05 bits per heavy atom. The highest BCUT2D eigenvalue weighted by molar-refractivity contribution is 6.90. The van der Waals surface area contributed by atoms with Crippen molar-refractivity contribution in [3.8, 4) is 17.2 Å². The lowest BCUT2D eigenvalue weighted by atomic mass is 9.84. The van der Waals surface area contributed by atoms with Gasteiger partial charge in [0, 0.05) is 19.9 Å². The van der Waals surface area contributed by atoms with Crippen molar-refractivity contribution in [1.29, 1.82) is 0 Å². The molecule has 2 rings (SSSR count). The van der Waals surface area contributed by atoms with Gasteiger partial charge in [0.1, 0.15) is 19.9 Å². The zero-order valence-corrected chi connectivity index (χ0v) is 28.6. The maximum atomic E-state index is 14.2. The van der Waals surface area contributed by atoms with Gasteiger partial charge in [0.25, 0.3) is 0 Å². The van der Waals surface area contributed by atoms with Crippen molar-refractivity contribution >= 4 is 37.2 Å². The minimum Gasteiger partial charge on any atom is -0.492 e. The van der Waals surface area contributed by atoms with Crippen molar-refractivity contribution in [3.63, 3.8) is 0 Å². The molecule has 1 saturated carbocycles. The van der Waals surface area contributed by atoms with Crippen LogP contribution in [-0.4, -0.2) is 59.6 Å². The van der Waals surface area contributed by atoms with Gasteiger partial charge < -0.3 is 19.5 Å². The van der Waals surface area contributed by atoms with Gasteiger partial charge in [-0.25, -0.2) is 0 Å². The Morgan fingerprint density at radius 1 is 1.05 bits per heavy atom. The number of hydrogen-bond acceptors (Lipinski definition) is 5. The maximum absolute atomic E-state index is 14.2. The number of rotatable bonds is 13. The minimum atomic E-state index is -2.21. The summed E-state index contributed by atoms with van der Waals surface area (Å²) in [6.07, 6.45) is 1.72. The molecule has 1 aliphatic carbocycles. The molecule has 0 aromatic heterocycles. The summed E-state index contributed by atoms with van der Waals surface area (Å²) >= 11 is 6.67. The van der Waals surface area contributed by atoms with E-state index in [1.54, 1.807) is 18.2 Å². The second-order valence-electron chi connectivity index (χ2n) is 13.1. The molecule has 230 valence electrons. The molecule has 0 aliphatic heterocycles. The molecule has 0 bridgehead atoms. The van der Waals surface area contributed by atoms with Gasteiger partial charge in [0.2, 0.25) is 5.91 Å². The number of amides is 2. The van der Waals surface area contributed by atoms with Crippen molar-refractivity contribution in [2.75, 3.05) is 32.3 Å². The van der Waals surface area contributed by atoms with E-state index in [1.807, 2.05) is 20.8 Å². The summed E-state index contributed by atoms with van der Waals surface area (Å²) in [6, 6.07) is 4.36. The van der Waals surface area contributed by atoms with Crippen LogP contribution in [0, 0.1) is 22.8 Å². The zero-order valence-electron chi connectivity index (χ0n) is 26.9. The highest BCUT2D eigenvalue weighted by Gasteiger charge is 2.43. The lowest BCUT2D eigenvalue weighted by Gasteiger charge is -2.39. The molecule has 1 aromatic rings. The Bertz CT molecular complexity index is 1080. The number of nitrogens with one attached hydrogen (secondary N) is 1. The summed E-state index contributed by atoms with van der Waals surface area (Å²) in [5.74, 6) is 3.40. The van der Waals surface area contributed by atoms with Crippen LogP contribution in [-0.2, 0) is 19.1 Å². The van der Waals surface area contributed by atoms with Gasteiger partial charge in [-0.15, -0.1) is 5.54 Å². The van der Waals surface area contributed by atoms with Crippen LogP contribution in [0.1, 0.15) is 75.2 Å². The van der Waals surface area contributed by atoms with Crippen molar-refractivity contribution in [3.05, 3.63) is 23.2 Å². The summed E-state index contributed by atoms with van der Waals surface area (Å²) in [5, 5.41) is 3.29. The fourth-order valence-corrected chi connectivity index (χ4v) is 11.1. The Morgan fingerprint density at radius 2 is 1.61 bits per heavy atom. The first-order chi connectivity index (χ1) is 19.1. The summed E-state index contributed by atoms with van der Waals surface area (Å²) in [5.41, 5.74) is 4.44. The maximum Gasteiger partial charge on any atom is 0.303 e. The summed E-state index contributed by atoms with van der Waals surface area (Å²) in [7, 11) is 0.811. The molecule has 1 aromatic carbocycles. The van der Waals surface area contributed by atoms with Crippen LogP contribution in [0.15, 0.2) is 18.2 Å². The van der Waals surface area contributed by atoms with Crippen LogP contribution in [0.2, 0.25) is 21.6 Å². The summed E-state index contributed by atoms with van der Waals surface area (Å²) < 4.78 is 16.4. The summed E-state index contributed by atoms with van der Waals surface area (Å²) in [4.78, 5) is 29.5. The largest absolute Gasteiger partial charge is 0.492 e. The molecule has 1 fully saturated rings. The monoisotopic (exact) mass is 606 g/mol.